The minimum absolute atomic E-state index is 0.00633. The Labute approximate surface area is 213 Å². The zero-order valence-electron chi connectivity index (χ0n) is 19.1. The fourth-order valence-electron chi connectivity index (χ4n) is 4.21. The van der Waals surface area contributed by atoms with E-state index in [-0.39, 0.29) is 17.9 Å². The minimum Gasteiger partial charge on any atom is -0.507 e. The number of halogens is 1. The normalized spacial score (nSPS) is 16.9. The number of ether oxygens (including phenoxy) is 1. The number of furan rings is 1. The number of carbonyl (C=O) groups is 2. The molecular formula is C29H22ClNO5. The molecule has 36 heavy (non-hydrogen) atoms. The molecule has 0 saturated carbocycles. The Balaban J connectivity index is 1.50. The molecule has 1 aliphatic heterocycles. The second-order valence-corrected chi connectivity index (χ2v) is 8.79. The minimum atomic E-state index is -0.811. The number of rotatable bonds is 7. The van der Waals surface area contributed by atoms with Crippen molar-refractivity contribution in [1.29, 1.82) is 0 Å². The summed E-state index contributed by atoms with van der Waals surface area (Å²) < 4.78 is 11.3. The van der Waals surface area contributed by atoms with Crippen molar-refractivity contribution < 1.29 is 23.8 Å². The summed E-state index contributed by atoms with van der Waals surface area (Å²) in [5.41, 5.74) is 2.09. The van der Waals surface area contributed by atoms with Crippen LogP contribution in [0.2, 0.25) is 5.02 Å². The molecular weight excluding hydrogens is 478 g/mol. The number of hydrogen-bond donors (Lipinski definition) is 1. The van der Waals surface area contributed by atoms with Crippen LogP contribution in [0.15, 0.2) is 107 Å². The van der Waals surface area contributed by atoms with Crippen LogP contribution >= 0.6 is 11.6 Å². The first-order valence-electron chi connectivity index (χ1n) is 11.3. The van der Waals surface area contributed by atoms with Crippen molar-refractivity contribution in [3.8, 4) is 5.75 Å². The van der Waals surface area contributed by atoms with Gasteiger partial charge in [0.25, 0.3) is 11.7 Å². The van der Waals surface area contributed by atoms with Crippen molar-refractivity contribution in [2.24, 2.45) is 0 Å². The highest BCUT2D eigenvalue weighted by Gasteiger charge is 2.46. The van der Waals surface area contributed by atoms with Gasteiger partial charge in [-0.05, 0) is 59.7 Å². The number of likely N-dealkylation sites (tertiary alicyclic amines) is 1. The Kier molecular flexibility index (Phi) is 6.60. The summed E-state index contributed by atoms with van der Waals surface area (Å²) in [4.78, 5) is 27.6. The number of aliphatic hydroxyl groups excluding tert-OH is 1. The third-order valence-corrected chi connectivity index (χ3v) is 6.26. The highest BCUT2D eigenvalue weighted by molar-refractivity contribution is 6.46. The zero-order valence-corrected chi connectivity index (χ0v) is 19.9. The number of ketones is 1. The van der Waals surface area contributed by atoms with Gasteiger partial charge in [0.05, 0.1) is 24.4 Å². The van der Waals surface area contributed by atoms with E-state index in [0.29, 0.717) is 34.3 Å². The van der Waals surface area contributed by atoms with Crippen molar-refractivity contribution in [3.63, 3.8) is 0 Å². The standard InChI is InChI=1S/C29H22ClNO5/c30-22-12-8-21(9-13-22)27(32)25-26(31(29(34)28(25)33)17-24-7-4-16-35-24)20-10-14-23(15-11-20)36-18-19-5-2-1-3-6-19/h1-16,26,32H,17-18H2/t26-/m0/s1. The fourth-order valence-corrected chi connectivity index (χ4v) is 4.34. The maximum absolute atomic E-state index is 13.1. The lowest BCUT2D eigenvalue weighted by Crippen LogP contribution is -2.29. The first kappa shape index (κ1) is 23.5. The van der Waals surface area contributed by atoms with E-state index in [1.54, 1.807) is 60.7 Å². The molecule has 180 valence electrons. The summed E-state index contributed by atoms with van der Waals surface area (Å²) in [6, 6.07) is 26.0. The van der Waals surface area contributed by atoms with Gasteiger partial charge >= 0.3 is 0 Å². The summed E-state index contributed by atoms with van der Waals surface area (Å²) in [5.74, 6) is -0.569. The van der Waals surface area contributed by atoms with Gasteiger partial charge in [-0.1, -0.05) is 54.1 Å². The zero-order chi connectivity index (χ0) is 25.1. The third kappa shape index (κ3) is 4.76. The molecule has 1 aromatic heterocycles. The van der Waals surface area contributed by atoms with Gasteiger partial charge in [-0.3, -0.25) is 9.59 Å². The van der Waals surface area contributed by atoms with E-state index in [4.69, 9.17) is 20.8 Å². The van der Waals surface area contributed by atoms with Crippen LogP contribution in [0.1, 0.15) is 28.5 Å². The van der Waals surface area contributed by atoms with E-state index in [9.17, 15) is 14.7 Å². The molecule has 1 fully saturated rings. The second-order valence-electron chi connectivity index (χ2n) is 8.36. The van der Waals surface area contributed by atoms with Crippen LogP contribution in [-0.2, 0) is 22.7 Å². The van der Waals surface area contributed by atoms with E-state index in [1.807, 2.05) is 30.3 Å². The molecule has 1 saturated heterocycles. The van der Waals surface area contributed by atoms with Crippen LogP contribution in [0, 0.1) is 0 Å². The largest absolute Gasteiger partial charge is 0.507 e. The van der Waals surface area contributed by atoms with E-state index in [1.165, 1.54) is 11.2 Å². The Morgan fingerprint density at radius 3 is 2.31 bits per heavy atom. The Morgan fingerprint density at radius 1 is 0.917 bits per heavy atom. The number of aliphatic hydroxyl groups is 1. The lowest BCUT2D eigenvalue weighted by Gasteiger charge is -2.24. The smallest absolute Gasteiger partial charge is 0.296 e. The first-order chi connectivity index (χ1) is 17.5. The van der Waals surface area contributed by atoms with Crippen LogP contribution in [0.25, 0.3) is 5.76 Å². The van der Waals surface area contributed by atoms with Gasteiger partial charge in [0.1, 0.15) is 23.9 Å². The van der Waals surface area contributed by atoms with E-state index >= 15 is 0 Å². The van der Waals surface area contributed by atoms with Crippen molar-refractivity contribution in [2.75, 3.05) is 0 Å². The van der Waals surface area contributed by atoms with Gasteiger partial charge in [0, 0.05) is 10.6 Å². The summed E-state index contributed by atoms with van der Waals surface area (Å²) in [6.07, 6.45) is 1.51. The van der Waals surface area contributed by atoms with Crippen LogP contribution in [-0.4, -0.2) is 21.7 Å². The maximum atomic E-state index is 13.1. The predicted molar refractivity (Wildman–Crippen MR) is 135 cm³/mol. The molecule has 1 atom stereocenters. The van der Waals surface area contributed by atoms with Crippen LogP contribution < -0.4 is 4.74 Å². The fraction of sp³-hybridized carbons (Fsp3) is 0.103. The first-order valence-corrected chi connectivity index (χ1v) is 11.7. The summed E-state index contributed by atoms with van der Waals surface area (Å²) in [5, 5.41) is 11.6. The molecule has 3 aromatic carbocycles. The number of amides is 1. The van der Waals surface area contributed by atoms with Crippen molar-refractivity contribution in [2.45, 2.75) is 19.2 Å². The number of hydrogen-bond acceptors (Lipinski definition) is 5. The molecule has 0 radical (unpaired) electrons. The Hall–Kier alpha value is -4.29. The molecule has 5 rings (SSSR count). The highest BCUT2D eigenvalue weighted by atomic mass is 35.5. The lowest BCUT2D eigenvalue weighted by molar-refractivity contribution is -0.140. The summed E-state index contributed by atoms with van der Waals surface area (Å²) in [6.45, 7) is 0.486. The highest BCUT2D eigenvalue weighted by Crippen LogP contribution is 2.40. The SMILES string of the molecule is O=C1C(=O)N(Cc2ccco2)[C@@H](c2ccc(OCc3ccccc3)cc2)C1=C(O)c1ccc(Cl)cc1. The van der Waals surface area contributed by atoms with Gasteiger partial charge in [-0.2, -0.15) is 0 Å². The molecule has 2 heterocycles. The molecule has 0 unspecified atom stereocenters. The third-order valence-electron chi connectivity index (χ3n) is 6.01. The molecule has 0 spiro atoms. The van der Waals surface area contributed by atoms with Gasteiger partial charge in [0.15, 0.2) is 0 Å². The van der Waals surface area contributed by atoms with Gasteiger partial charge in [-0.15, -0.1) is 0 Å². The number of benzene rings is 3. The Bertz CT molecular complexity index is 1390. The van der Waals surface area contributed by atoms with Crippen molar-refractivity contribution >= 4 is 29.1 Å². The predicted octanol–water partition coefficient (Wildman–Crippen LogP) is 6.13. The molecule has 7 heteroatoms. The summed E-state index contributed by atoms with van der Waals surface area (Å²) >= 11 is 5.99. The average Bonchev–Trinajstić information content (AvgIpc) is 3.51. The van der Waals surface area contributed by atoms with E-state index in [2.05, 4.69) is 0 Å². The average molecular weight is 500 g/mol. The molecule has 1 N–H and O–H groups in total. The molecule has 1 amide bonds. The monoisotopic (exact) mass is 499 g/mol. The van der Waals surface area contributed by atoms with Gasteiger partial charge in [-0.25, -0.2) is 0 Å². The molecule has 0 aliphatic carbocycles. The number of nitrogens with zero attached hydrogens (tertiary/aromatic N) is 1. The van der Waals surface area contributed by atoms with E-state index in [0.717, 1.165) is 5.56 Å². The second kappa shape index (κ2) is 10.1. The number of carbonyl (C=O) groups excluding carboxylic acids is 2. The van der Waals surface area contributed by atoms with Crippen molar-refractivity contribution in [1.82, 2.24) is 4.90 Å². The molecule has 4 aromatic rings. The Morgan fingerprint density at radius 2 is 1.64 bits per heavy atom. The van der Waals surface area contributed by atoms with E-state index < -0.39 is 17.7 Å². The topological polar surface area (TPSA) is 80.0 Å². The van der Waals surface area contributed by atoms with Gasteiger partial charge < -0.3 is 19.2 Å². The van der Waals surface area contributed by atoms with Crippen LogP contribution in [0.5, 0.6) is 5.75 Å². The van der Waals surface area contributed by atoms with Crippen LogP contribution in [0.4, 0.5) is 0 Å². The van der Waals surface area contributed by atoms with Gasteiger partial charge in [0.2, 0.25) is 0 Å². The molecule has 6 nitrogen and oxygen atoms in total. The summed E-state index contributed by atoms with van der Waals surface area (Å²) in [7, 11) is 0. The number of Topliss-reactive ketones (excluding diaryl/α,β-unsaturated/α-hetero) is 1. The van der Waals surface area contributed by atoms with Crippen molar-refractivity contribution in [3.05, 3.63) is 130 Å². The maximum Gasteiger partial charge on any atom is 0.296 e. The molecule has 0 bridgehead atoms. The lowest BCUT2D eigenvalue weighted by atomic mass is 9.95. The quantitative estimate of drug-likeness (QED) is 0.188. The molecule has 1 aliphatic rings. The van der Waals surface area contributed by atoms with Crippen LogP contribution in [0.3, 0.4) is 0 Å².